The summed E-state index contributed by atoms with van der Waals surface area (Å²) in [5.74, 6) is -0.152. The van der Waals surface area contributed by atoms with Crippen LogP contribution >= 0.6 is 0 Å². The van der Waals surface area contributed by atoms with Crippen LogP contribution in [0.25, 0.3) is 5.69 Å². The second kappa shape index (κ2) is 5.66. The molecule has 6 nitrogen and oxygen atoms in total. The summed E-state index contributed by atoms with van der Waals surface area (Å²) in [5.41, 5.74) is 4.27. The van der Waals surface area contributed by atoms with E-state index in [1.807, 2.05) is 39.0 Å². The molecule has 7 heteroatoms. The van der Waals surface area contributed by atoms with E-state index in [4.69, 9.17) is 0 Å². The lowest BCUT2D eigenvalue weighted by atomic mass is 10.1. The van der Waals surface area contributed by atoms with E-state index in [1.54, 1.807) is 17.0 Å². The van der Waals surface area contributed by atoms with E-state index in [2.05, 4.69) is 15.2 Å². The topological polar surface area (TPSA) is 80.6 Å². The molecule has 0 unspecified atom stereocenters. The van der Waals surface area contributed by atoms with Crippen LogP contribution in [-0.4, -0.2) is 28.2 Å². The molecule has 1 N–H and O–H groups in total. The van der Waals surface area contributed by atoms with Crippen LogP contribution in [0.4, 0.5) is 0 Å². The highest BCUT2D eigenvalue weighted by molar-refractivity contribution is 7.90. The molecule has 120 valence electrons. The number of hydrogen-bond donors (Lipinski definition) is 1. The van der Waals surface area contributed by atoms with Crippen LogP contribution in [0.1, 0.15) is 22.4 Å². The highest BCUT2D eigenvalue weighted by Gasteiger charge is 2.24. The van der Waals surface area contributed by atoms with Gasteiger partial charge in [0, 0.05) is 12.4 Å². The molecule has 2 heterocycles. The summed E-state index contributed by atoms with van der Waals surface area (Å²) in [6.45, 7) is 5.75. The van der Waals surface area contributed by atoms with Crippen LogP contribution in [0.15, 0.2) is 41.9 Å². The van der Waals surface area contributed by atoms with Gasteiger partial charge < -0.3 is 0 Å². The summed E-state index contributed by atoms with van der Waals surface area (Å²) >= 11 is 0. The maximum absolute atomic E-state index is 12.8. The fourth-order valence-corrected chi connectivity index (χ4v) is 3.94. The van der Waals surface area contributed by atoms with Crippen molar-refractivity contribution < 1.29 is 8.42 Å². The van der Waals surface area contributed by atoms with Crippen molar-refractivity contribution in [2.24, 2.45) is 0 Å². The Morgan fingerprint density at radius 3 is 2.65 bits per heavy atom. The van der Waals surface area contributed by atoms with Crippen LogP contribution in [0.3, 0.4) is 0 Å². The number of sulfone groups is 1. The second-order valence-corrected chi connectivity index (χ2v) is 7.54. The SMILES string of the molecule is Cc1ccc(C)c(-n2ccnc2S(=O)(=O)Cc2[nH]ncc2C)c1. The zero-order valence-electron chi connectivity index (χ0n) is 13.2. The molecule has 3 rings (SSSR count). The highest BCUT2D eigenvalue weighted by atomic mass is 32.2. The van der Waals surface area contributed by atoms with Gasteiger partial charge in [-0.25, -0.2) is 13.4 Å². The van der Waals surface area contributed by atoms with E-state index in [9.17, 15) is 8.42 Å². The van der Waals surface area contributed by atoms with Gasteiger partial charge in [-0.15, -0.1) is 0 Å². The van der Waals surface area contributed by atoms with Gasteiger partial charge in [0.1, 0.15) is 0 Å². The Morgan fingerprint density at radius 2 is 1.96 bits per heavy atom. The number of hydrogen-bond acceptors (Lipinski definition) is 4. The van der Waals surface area contributed by atoms with Crippen LogP contribution in [0, 0.1) is 20.8 Å². The van der Waals surface area contributed by atoms with Gasteiger partial charge in [-0.05, 0) is 43.5 Å². The van der Waals surface area contributed by atoms with Gasteiger partial charge in [0.2, 0.25) is 15.0 Å². The van der Waals surface area contributed by atoms with Crippen molar-refractivity contribution in [1.82, 2.24) is 19.7 Å². The largest absolute Gasteiger partial charge is 0.290 e. The minimum Gasteiger partial charge on any atom is -0.290 e. The molecule has 0 aliphatic carbocycles. The monoisotopic (exact) mass is 330 g/mol. The van der Waals surface area contributed by atoms with E-state index in [0.717, 1.165) is 22.4 Å². The fraction of sp³-hybridized carbons (Fsp3) is 0.250. The number of aromatic nitrogens is 4. The molecule has 0 fully saturated rings. The van der Waals surface area contributed by atoms with Crippen molar-refractivity contribution in [1.29, 1.82) is 0 Å². The lowest BCUT2D eigenvalue weighted by Crippen LogP contribution is -2.13. The molecule has 1 aromatic carbocycles. The molecule has 2 aromatic heterocycles. The maximum Gasteiger partial charge on any atom is 0.232 e. The molecule has 0 bridgehead atoms. The lowest BCUT2D eigenvalue weighted by molar-refractivity contribution is 0.582. The molecule has 0 aliphatic rings. The Hall–Kier alpha value is -2.41. The van der Waals surface area contributed by atoms with E-state index in [0.29, 0.717) is 5.69 Å². The van der Waals surface area contributed by atoms with Crippen LogP contribution in [0.5, 0.6) is 0 Å². The van der Waals surface area contributed by atoms with Gasteiger partial charge in [-0.3, -0.25) is 9.67 Å². The van der Waals surface area contributed by atoms with Crippen LogP contribution < -0.4 is 0 Å². The third-order valence-electron chi connectivity index (χ3n) is 3.78. The van der Waals surface area contributed by atoms with Crippen molar-refractivity contribution >= 4 is 9.84 Å². The number of H-pyrrole nitrogens is 1. The number of nitrogens with one attached hydrogen (secondary N) is 1. The first kappa shape index (κ1) is 15.5. The summed E-state index contributed by atoms with van der Waals surface area (Å²) in [7, 11) is -3.59. The normalized spacial score (nSPS) is 11.8. The van der Waals surface area contributed by atoms with E-state index in [-0.39, 0.29) is 10.9 Å². The van der Waals surface area contributed by atoms with Gasteiger partial charge in [0.25, 0.3) is 0 Å². The smallest absolute Gasteiger partial charge is 0.232 e. The molecule has 0 spiro atoms. The number of aryl methyl sites for hydroxylation is 3. The Balaban J connectivity index is 2.07. The molecule has 3 aromatic rings. The van der Waals surface area contributed by atoms with Crippen molar-refractivity contribution in [3.63, 3.8) is 0 Å². The zero-order chi connectivity index (χ0) is 16.6. The third kappa shape index (κ3) is 2.92. The van der Waals surface area contributed by atoms with Gasteiger partial charge in [0.05, 0.1) is 23.3 Å². The molecule has 0 saturated heterocycles. The van der Waals surface area contributed by atoms with Gasteiger partial charge in [-0.2, -0.15) is 5.10 Å². The van der Waals surface area contributed by atoms with Crippen molar-refractivity contribution in [2.75, 3.05) is 0 Å². The number of imidazole rings is 1. The molecular weight excluding hydrogens is 312 g/mol. The highest BCUT2D eigenvalue weighted by Crippen LogP contribution is 2.22. The Kier molecular flexibility index (Phi) is 3.81. The Morgan fingerprint density at radius 1 is 1.17 bits per heavy atom. The molecule has 23 heavy (non-hydrogen) atoms. The predicted octanol–water partition coefficient (Wildman–Crippen LogP) is 2.49. The third-order valence-corrected chi connectivity index (χ3v) is 5.30. The van der Waals surface area contributed by atoms with Crippen LogP contribution in [-0.2, 0) is 15.6 Å². The Labute approximate surface area is 135 Å². The second-order valence-electron chi connectivity index (χ2n) is 5.66. The molecular formula is C16H18N4O2S. The number of aromatic amines is 1. The van der Waals surface area contributed by atoms with Gasteiger partial charge in [-0.1, -0.05) is 12.1 Å². The van der Waals surface area contributed by atoms with Crippen molar-refractivity contribution in [3.05, 3.63) is 59.2 Å². The number of nitrogens with zero attached hydrogens (tertiary/aromatic N) is 3. The summed E-state index contributed by atoms with van der Waals surface area (Å²) in [6.07, 6.45) is 4.80. The first-order chi connectivity index (χ1) is 10.9. The van der Waals surface area contributed by atoms with E-state index in [1.165, 1.54) is 6.20 Å². The van der Waals surface area contributed by atoms with E-state index >= 15 is 0 Å². The van der Waals surface area contributed by atoms with E-state index < -0.39 is 9.84 Å². The number of rotatable bonds is 4. The summed E-state index contributed by atoms with van der Waals surface area (Å²) in [4.78, 5) is 4.09. The van der Waals surface area contributed by atoms with Crippen LogP contribution in [0.2, 0.25) is 0 Å². The number of benzene rings is 1. The summed E-state index contributed by atoms with van der Waals surface area (Å²) in [5, 5.41) is 6.66. The van der Waals surface area contributed by atoms with Gasteiger partial charge >= 0.3 is 0 Å². The summed E-state index contributed by atoms with van der Waals surface area (Å²) < 4.78 is 27.2. The minimum atomic E-state index is -3.59. The average Bonchev–Trinajstić information content (AvgIpc) is 3.11. The first-order valence-corrected chi connectivity index (χ1v) is 8.86. The fourth-order valence-electron chi connectivity index (χ4n) is 2.46. The quantitative estimate of drug-likeness (QED) is 0.797. The minimum absolute atomic E-state index is 0.0419. The zero-order valence-corrected chi connectivity index (χ0v) is 14.1. The predicted molar refractivity (Wildman–Crippen MR) is 87.3 cm³/mol. The molecule has 0 aliphatic heterocycles. The van der Waals surface area contributed by atoms with Gasteiger partial charge in [0.15, 0.2) is 0 Å². The Bertz CT molecular complexity index is 954. The maximum atomic E-state index is 12.8. The molecule has 0 atom stereocenters. The molecule has 0 saturated carbocycles. The molecule has 0 radical (unpaired) electrons. The standard InChI is InChI=1S/C16H18N4O2S/c1-11-4-5-12(2)15(8-11)20-7-6-17-16(20)23(21,22)10-14-13(3)9-18-19-14/h4-9H,10H2,1-3H3,(H,18,19). The molecule has 0 amide bonds. The summed E-state index contributed by atoms with van der Waals surface area (Å²) in [6, 6.07) is 5.93. The van der Waals surface area contributed by atoms with Crippen molar-refractivity contribution in [3.8, 4) is 5.69 Å². The lowest BCUT2D eigenvalue weighted by Gasteiger charge is -2.12. The first-order valence-electron chi connectivity index (χ1n) is 7.21. The van der Waals surface area contributed by atoms with Crippen molar-refractivity contribution in [2.45, 2.75) is 31.7 Å². The average molecular weight is 330 g/mol.